The zero-order chi connectivity index (χ0) is 21.9. The van der Waals surface area contributed by atoms with Crippen molar-refractivity contribution in [3.05, 3.63) is 35.1 Å². The van der Waals surface area contributed by atoms with E-state index in [4.69, 9.17) is 0 Å². The normalized spacial score (nSPS) is 16.6. The molecule has 0 spiro atoms. The Labute approximate surface area is 164 Å². The van der Waals surface area contributed by atoms with Crippen molar-refractivity contribution in [3.8, 4) is 0 Å². The molecule has 0 aliphatic rings. The van der Waals surface area contributed by atoms with Crippen molar-refractivity contribution in [2.75, 3.05) is 20.8 Å². The van der Waals surface area contributed by atoms with Crippen molar-refractivity contribution >= 4 is 16.7 Å². The molecule has 2 atom stereocenters. The molecule has 160 valence electrons. The van der Waals surface area contributed by atoms with Gasteiger partial charge in [0.15, 0.2) is 0 Å². The van der Waals surface area contributed by atoms with Crippen molar-refractivity contribution in [1.29, 1.82) is 0 Å². The van der Waals surface area contributed by atoms with Crippen LogP contribution in [0.5, 0.6) is 0 Å². The van der Waals surface area contributed by atoms with Crippen LogP contribution in [-0.2, 0) is 16.5 Å². The third-order valence-corrected chi connectivity index (χ3v) is 5.59. The Hall–Kier alpha value is -1.55. The minimum Gasteiger partial charge on any atom is -0.303 e. The van der Waals surface area contributed by atoms with Crippen LogP contribution in [-0.4, -0.2) is 46.6 Å². The van der Waals surface area contributed by atoms with Crippen molar-refractivity contribution < 1.29 is 26.2 Å². The van der Waals surface area contributed by atoms with Gasteiger partial charge in [-0.15, -0.1) is 0 Å². The fraction of sp³-hybridized carbons (Fsp3) is 0.611. The van der Waals surface area contributed by atoms with Crippen molar-refractivity contribution in [1.82, 2.24) is 9.73 Å². The zero-order valence-corrected chi connectivity index (χ0v) is 17.6. The van der Waals surface area contributed by atoms with Gasteiger partial charge < -0.3 is 5.01 Å². The first-order valence-electron chi connectivity index (χ1n) is 8.47. The molecule has 0 aliphatic heterocycles. The molecule has 2 unspecified atom stereocenters. The van der Waals surface area contributed by atoms with Crippen LogP contribution in [0.2, 0.25) is 0 Å². The van der Waals surface area contributed by atoms with Crippen LogP contribution < -0.4 is 4.72 Å². The molecule has 0 radical (unpaired) electrons. The van der Waals surface area contributed by atoms with Crippen molar-refractivity contribution in [2.45, 2.75) is 50.6 Å². The molecule has 28 heavy (non-hydrogen) atoms. The Bertz CT molecular complexity index is 744. The Morgan fingerprint density at radius 3 is 2.21 bits per heavy atom. The Balaban J connectivity index is 3.66. The Morgan fingerprint density at radius 2 is 1.79 bits per heavy atom. The molecule has 1 aromatic carbocycles. The molecule has 0 aromatic heterocycles. The highest BCUT2D eigenvalue weighted by molar-refractivity contribution is 7.84. The maximum atomic E-state index is 14.8. The van der Waals surface area contributed by atoms with Gasteiger partial charge in [-0.1, -0.05) is 18.2 Å². The summed E-state index contributed by atoms with van der Waals surface area (Å²) in [4.78, 5) is 0. The number of alkyl halides is 4. The van der Waals surface area contributed by atoms with E-state index in [0.29, 0.717) is 0 Å². The van der Waals surface area contributed by atoms with Gasteiger partial charge in [0.05, 0.1) is 21.3 Å². The van der Waals surface area contributed by atoms with E-state index in [-0.39, 0.29) is 11.1 Å². The minimum absolute atomic E-state index is 0.136. The fourth-order valence-corrected chi connectivity index (χ4v) is 3.30. The highest BCUT2D eigenvalue weighted by Gasteiger charge is 2.46. The minimum atomic E-state index is -4.88. The lowest BCUT2D eigenvalue weighted by molar-refractivity contribution is -0.0630. The predicted octanol–water partition coefficient (Wildman–Crippen LogP) is 4.22. The van der Waals surface area contributed by atoms with Crippen molar-refractivity contribution in [3.63, 3.8) is 0 Å². The SMILES string of the molecule is Cc1cccc(C(CF)(C/C(=N/N(C)C)C(F)(F)F)NS(=O)C(C)(C)C)c1F. The summed E-state index contributed by atoms with van der Waals surface area (Å²) in [5.41, 5.74) is -3.71. The van der Waals surface area contributed by atoms with Gasteiger partial charge in [-0.25, -0.2) is 17.7 Å². The molecular formula is C18H26F5N3OS. The molecule has 0 heterocycles. The molecule has 0 saturated heterocycles. The van der Waals surface area contributed by atoms with Gasteiger partial charge in [0.25, 0.3) is 0 Å². The number of aryl methyl sites for hydroxylation is 1. The third kappa shape index (κ3) is 5.97. The first kappa shape index (κ1) is 24.5. The maximum Gasteiger partial charge on any atom is 0.431 e. The second kappa shape index (κ2) is 8.86. The highest BCUT2D eigenvalue weighted by atomic mass is 32.2. The first-order chi connectivity index (χ1) is 12.6. The molecule has 0 bridgehead atoms. The van der Waals surface area contributed by atoms with Crippen LogP contribution in [0.1, 0.15) is 38.3 Å². The molecule has 0 aliphatic carbocycles. The average molecular weight is 427 g/mol. The molecular weight excluding hydrogens is 401 g/mol. The molecule has 1 aromatic rings. The van der Waals surface area contributed by atoms with E-state index >= 15 is 0 Å². The van der Waals surface area contributed by atoms with Crippen LogP contribution >= 0.6 is 0 Å². The summed E-state index contributed by atoms with van der Waals surface area (Å²) in [5.74, 6) is -0.857. The number of nitrogens with one attached hydrogen (secondary N) is 1. The van der Waals surface area contributed by atoms with Gasteiger partial charge in [0.2, 0.25) is 0 Å². The lowest BCUT2D eigenvalue weighted by atomic mass is 9.85. The molecule has 0 fully saturated rings. The van der Waals surface area contributed by atoms with Gasteiger partial charge in [0.1, 0.15) is 18.2 Å². The summed E-state index contributed by atoms with van der Waals surface area (Å²) in [6.07, 6.45) is -5.91. The standard InChI is InChI=1S/C18H26F5N3OS/c1-12-8-7-9-13(15(12)20)17(11-19,25-28(27)16(2,3)4)10-14(18(21,22)23)24-26(5)6/h7-9,25H,10-11H2,1-6H3/b24-14-. The zero-order valence-electron chi connectivity index (χ0n) is 16.7. The summed E-state index contributed by atoms with van der Waals surface area (Å²) < 4.78 is 83.9. The van der Waals surface area contributed by atoms with E-state index in [1.54, 1.807) is 20.8 Å². The molecule has 0 saturated carbocycles. The summed E-state index contributed by atoms with van der Waals surface area (Å²) in [5, 5.41) is 4.35. The quantitative estimate of drug-likeness (QED) is 0.402. The van der Waals surface area contributed by atoms with Gasteiger partial charge in [-0.3, -0.25) is 0 Å². The predicted molar refractivity (Wildman–Crippen MR) is 102 cm³/mol. The van der Waals surface area contributed by atoms with Crippen LogP contribution in [0, 0.1) is 12.7 Å². The first-order valence-corrected chi connectivity index (χ1v) is 9.62. The Morgan fingerprint density at radius 1 is 1.21 bits per heavy atom. The monoisotopic (exact) mass is 427 g/mol. The number of halogens is 5. The average Bonchev–Trinajstić information content (AvgIpc) is 2.53. The van der Waals surface area contributed by atoms with E-state index in [1.807, 2.05) is 0 Å². The maximum absolute atomic E-state index is 14.8. The van der Waals surface area contributed by atoms with E-state index in [0.717, 1.165) is 5.01 Å². The Kier molecular flexibility index (Phi) is 7.74. The smallest absolute Gasteiger partial charge is 0.303 e. The lowest BCUT2D eigenvalue weighted by Crippen LogP contribution is -2.52. The van der Waals surface area contributed by atoms with E-state index < -0.39 is 52.1 Å². The van der Waals surface area contributed by atoms with E-state index in [1.165, 1.54) is 39.2 Å². The summed E-state index contributed by atoms with van der Waals surface area (Å²) >= 11 is 0. The van der Waals surface area contributed by atoms with Gasteiger partial charge in [0, 0.05) is 26.1 Å². The summed E-state index contributed by atoms with van der Waals surface area (Å²) in [6.45, 7) is 4.72. The molecule has 4 nitrogen and oxygen atoms in total. The van der Waals surface area contributed by atoms with Gasteiger partial charge in [-0.2, -0.15) is 18.3 Å². The van der Waals surface area contributed by atoms with Crippen molar-refractivity contribution in [2.24, 2.45) is 5.10 Å². The molecule has 10 heteroatoms. The van der Waals surface area contributed by atoms with E-state index in [9.17, 15) is 26.2 Å². The number of hydrazone groups is 1. The highest BCUT2D eigenvalue weighted by Crippen LogP contribution is 2.35. The lowest BCUT2D eigenvalue weighted by Gasteiger charge is -2.36. The topological polar surface area (TPSA) is 44.7 Å². The van der Waals surface area contributed by atoms with Crippen LogP contribution in [0.4, 0.5) is 22.0 Å². The summed E-state index contributed by atoms with van der Waals surface area (Å²) in [6, 6.07) is 4.02. The molecule has 0 amide bonds. The largest absolute Gasteiger partial charge is 0.431 e. The number of nitrogens with zero attached hydrogens (tertiary/aromatic N) is 2. The number of hydrogen-bond acceptors (Lipinski definition) is 3. The summed E-state index contributed by atoms with van der Waals surface area (Å²) in [7, 11) is 0.607. The van der Waals surface area contributed by atoms with Gasteiger partial charge >= 0.3 is 6.18 Å². The number of hydrogen-bond donors (Lipinski definition) is 1. The van der Waals surface area contributed by atoms with Crippen LogP contribution in [0.3, 0.4) is 0 Å². The van der Waals surface area contributed by atoms with Crippen LogP contribution in [0.25, 0.3) is 0 Å². The number of benzene rings is 1. The molecule has 1 N–H and O–H groups in total. The second-order valence-corrected chi connectivity index (χ2v) is 9.67. The van der Waals surface area contributed by atoms with Crippen LogP contribution in [0.15, 0.2) is 23.3 Å². The second-order valence-electron chi connectivity index (χ2n) is 7.70. The van der Waals surface area contributed by atoms with E-state index in [2.05, 4.69) is 9.82 Å². The van der Waals surface area contributed by atoms with Gasteiger partial charge in [-0.05, 0) is 33.3 Å². The third-order valence-electron chi connectivity index (χ3n) is 3.90. The molecule has 1 rings (SSSR count). The number of rotatable bonds is 7. The fourth-order valence-electron chi connectivity index (χ4n) is 2.40.